The summed E-state index contributed by atoms with van der Waals surface area (Å²) in [7, 11) is 1.35. The Hall–Kier alpha value is -1.28. The van der Waals surface area contributed by atoms with Gasteiger partial charge in [0.1, 0.15) is 19.3 Å². The van der Waals surface area contributed by atoms with E-state index in [4.69, 9.17) is 18.5 Å². The summed E-state index contributed by atoms with van der Waals surface area (Å²) in [5.41, 5.74) is 0. The van der Waals surface area contributed by atoms with Crippen molar-refractivity contribution in [1.82, 2.24) is 0 Å². The van der Waals surface area contributed by atoms with Crippen LogP contribution in [0.4, 0.5) is 0 Å². The monoisotopic (exact) mass is 854 g/mol. The van der Waals surface area contributed by atoms with E-state index in [1.807, 2.05) is 21.1 Å². The van der Waals surface area contributed by atoms with Crippen LogP contribution < -0.4 is 4.89 Å². The average Bonchev–Trinajstić information content (AvgIpc) is 3.19. The summed E-state index contributed by atoms with van der Waals surface area (Å²) in [4.78, 5) is 25.1. The third kappa shape index (κ3) is 47.6. The first-order chi connectivity index (χ1) is 28.6. The summed E-state index contributed by atoms with van der Waals surface area (Å²) >= 11 is 0. The molecule has 2 atom stereocenters. The van der Waals surface area contributed by atoms with Gasteiger partial charge in [0.15, 0.2) is 0 Å². The van der Waals surface area contributed by atoms with Crippen molar-refractivity contribution in [1.29, 1.82) is 0 Å². The van der Waals surface area contributed by atoms with Crippen LogP contribution in [0.5, 0.6) is 0 Å². The molecule has 0 saturated heterocycles. The number of ether oxygens (including phenoxy) is 2. The lowest BCUT2D eigenvalue weighted by atomic mass is 10.0. The van der Waals surface area contributed by atoms with Crippen LogP contribution in [0.3, 0.4) is 0 Å². The van der Waals surface area contributed by atoms with Gasteiger partial charge in [-0.15, -0.1) is 0 Å². The molecule has 0 aliphatic carbocycles. The molecule has 2 unspecified atom stereocenters. The van der Waals surface area contributed by atoms with Gasteiger partial charge in [0.25, 0.3) is 7.82 Å². The van der Waals surface area contributed by atoms with Crippen LogP contribution in [0, 0.1) is 0 Å². The molecule has 59 heavy (non-hydrogen) atoms. The second kappa shape index (κ2) is 43.4. The second-order valence-corrected chi connectivity index (χ2v) is 19.2. The van der Waals surface area contributed by atoms with Crippen molar-refractivity contribution in [2.24, 2.45) is 0 Å². The van der Waals surface area contributed by atoms with Gasteiger partial charge in [-0.3, -0.25) is 9.36 Å². The molecule has 9 heteroatoms. The summed E-state index contributed by atoms with van der Waals surface area (Å²) in [6.07, 6.45) is 51.6. The van der Waals surface area contributed by atoms with Gasteiger partial charge in [-0.2, -0.15) is 0 Å². The van der Waals surface area contributed by atoms with Crippen molar-refractivity contribution < 1.29 is 37.3 Å². The molecule has 0 aliphatic rings. The van der Waals surface area contributed by atoms with Crippen LogP contribution in [0.1, 0.15) is 219 Å². The van der Waals surface area contributed by atoms with Crippen LogP contribution in [-0.4, -0.2) is 70.7 Å². The summed E-state index contributed by atoms with van der Waals surface area (Å²) in [5, 5.41) is 0. The Bertz CT molecular complexity index is 1040. The van der Waals surface area contributed by atoms with Gasteiger partial charge in [0.05, 0.1) is 34.4 Å². The fourth-order valence-corrected chi connectivity index (χ4v) is 7.58. The highest BCUT2D eigenvalue weighted by molar-refractivity contribution is 7.45. The minimum atomic E-state index is -4.53. The second-order valence-electron chi connectivity index (χ2n) is 17.8. The molecule has 0 aromatic heterocycles. The lowest BCUT2D eigenvalue weighted by molar-refractivity contribution is -0.870. The maximum absolute atomic E-state index is 12.7. The minimum Gasteiger partial charge on any atom is -0.756 e. The molecule has 0 aromatic rings. The van der Waals surface area contributed by atoms with Crippen LogP contribution >= 0.6 is 7.82 Å². The quantitative estimate of drug-likeness (QED) is 0.0198. The first-order valence-corrected chi connectivity index (χ1v) is 26.2. The van der Waals surface area contributed by atoms with E-state index in [2.05, 4.69) is 50.3 Å². The Morgan fingerprint density at radius 1 is 0.525 bits per heavy atom. The number of phosphoric ester groups is 1. The Morgan fingerprint density at radius 2 is 0.932 bits per heavy atom. The van der Waals surface area contributed by atoms with E-state index >= 15 is 0 Å². The Kier molecular flexibility index (Phi) is 42.4. The number of carbonyl (C=O) groups is 1. The topological polar surface area (TPSA) is 94.1 Å². The zero-order chi connectivity index (χ0) is 43.4. The first kappa shape index (κ1) is 57.7. The molecule has 0 aromatic carbocycles. The van der Waals surface area contributed by atoms with Gasteiger partial charge < -0.3 is 27.9 Å². The number of hydrogen-bond acceptors (Lipinski definition) is 7. The Morgan fingerprint density at radius 3 is 1.42 bits per heavy atom. The Labute approximate surface area is 365 Å². The van der Waals surface area contributed by atoms with E-state index in [0.717, 1.165) is 57.8 Å². The standard InChI is InChI=1S/C50H96NO7P/c1-6-8-10-12-14-16-18-20-22-24-26-27-29-31-33-35-37-39-41-43-50(52)58-49(48-57-59(53,54)56-46-44-51(3,4)5)47-55-45-42-40-38-36-34-32-30-28-25-23-21-19-17-15-13-11-9-7-2/h14,16,20,22,26-27,49H,6-13,15,17-19,21,23-25,28-48H2,1-5H3/b16-14-,22-20-,27-26-. The molecule has 0 saturated carbocycles. The molecule has 0 radical (unpaired) electrons. The molecule has 0 amide bonds. The highest BCUT2D eigenvalue weighted by Crippen LogP contribution is 2.38. The molecule has 0 aliphatic heterocycles. The van der Waals surface area contributed by atoms with Gasteiger partial charge in [0, 0.05) is 13.0 Å². The highest BCUT2D eigenvalue weighted by Gasteiger charge is 2.20. The molecule has 0 rings (SSSR count). The number of esters is 1. The molecule has 0 spiro atoms. The summed E-state index contributed by atoms with van der Waals surface area (Å²) in [6, 6.07) is 0. The smallest absolute Gasteiger partial charge is 0.306 e. The van der Waals surface area contributed by atoms with Crippen LogP contribution in [0.15, 0.2) is 36.5 Å². The van der Waals surface area contributed by atoms with Crippen LogP contribution in [-0.2, 0) is 27.9 Å². The normalized spacial score (nSPS) is 13.9. The molecule has 0 heterocycles. The van der Waals surface area contributed by atoms with Gasteiger partial charge in [0.2, 0.25) is 0 Å². The van der Waals surface area contributed by atoms with Gasteiger partial charge >= 0.3 is 5.97 Å². The van der Waals surface area contributed by atoms with Crippen molar-refractivity contribution in [3.63, 3.8) is 0 Å². The number of phosphoric acid groups is 1. The van der Waals surface area contributed by atoms with Crippen molar-refractivity contribution in [2.75, 3.05) is 54.1 Å². The molecular formula is C50H96NO7P. The summed E-state index contributed by atoms with van der Waals surface area (Å²) in [5.74, 6) is -0.343. The number of rotatable bonds is 46. The van der Waals surface area contributed by atoms with E-state index in [1.165, 1.54) is 141 Å². The summed E-state index contributed by atoms with van der Waals surface area (Å²) in [6.45, 7) is 5.40. The zero-order valence-electron chi connectivity index (χ0n) is 39.5. The number of allylic oxidation sites excluding steroid dienone is 6. The fourth-order valence-electron chi connectivity index (χ4n) is 6.85. The zero-order valence-corrected chi connectivity index (χ0v) is 40.4. The van der Waals surface area contributed by atoms with E-state index in [-0.39, 0.29) is 25.8 Å². The van der Waals surface area contributed by atoms with Crippen molar-refractivity contribution >= 4 is 13.8 Å². The number of likely N-dealkylation sites (N-methyl/N-ethyl adjacent to an activating group) is 1. The molecule has 0 bridgehead atoms. The molecule has 8 nitrogen and oxygen atoms in total. The number of hydrogen-bond donors (Lipinski definition) is 0. The fraction of sp³-hybridized carbons (Fsp3) is 0.860. The van der Waals surface area contributed by atoms with Gasteiger partial charge in [-0.25, -0.2) is 0 Å². The number of unbranched alkanes of at least 4 members (excludes halogenated alkanes) is 26. The predicted molar refractivity (Wildman–Crippen MR) is 250 cm³/mol. The lowest BCUT2D eigenvalue weighted by Crippen LogP contribution is -2.37. The minimum absolute atomic E-state index is 0.0243. The third-order valence-corrected chi connectivity index (χ3v) is 11.7. The average molecular weight is 854 g/mol. The third-order valence-electron chi connectivity index (χ3n) is 10.7. The maximum Gasteiger partial charge on any atom is 0.306 e. The molecule has 348 valence electrons. The lowest BCUT2D eigenvalue weighted by Gasteiger charge is -2.28. The first-order valence-electron chi connectivity index (χ1n) is 24.7. The van der Waals surface area contributed by atoms with E-state index in [0.29, 0.717) is 24.1 Å². The Balaban J connectivity index is 4.18. The van der Waals surface area contributed by atoms with Crippen molar-refractivity contribution in [3.8, 4) is 0 Å². The highest BCUT2D eigenvalue weighted by atomic mass is 31.2. The molecular weight excluding hydrogens is 758 g/mol. The van der Waals surface area contributed by atoms with Crippen LogP contribution in [0.2, 0.25) is 0 Å². The number of carbonyl (C=O) groups excluding carboxylic acids is 1. The van der Waals surface area contributed by atoms with E-state index in [1.54, 1.807) is 0 Å². The predicted octanol–water partition coefficient (Wildman–Crippen LogP) is 14.3. The van der Waals surface area contributed by atoms with Crippen molar-refractivity contribution in [2.45, 2.75) is 225 Å². The number of nitrogens with zero attached hydrogens (tertiary/aromatic N) is 1. The van der Waals surface area contributed by atoms with E-state index < -0.39 is 13.9 Å². The van der Waals surface area contributed by atoms with Crippen LogP contribution in [0.25, 0.3) is 0 Å². The van der Waals surface area contributed by atoms with E-state index in [9.17, 15) is 14.3 Å². The van der Waals surface area contributed by atoms with Gasteiger partial charge in [-0.1, -0.05) is 198 Å². The van der Waals surface area contributed by atoms with Crippen molar-refractivity contribution in [3.05, 3.63) is 36.5 Å². The van der Waals surface area contributed by atoms with Gasteiger partial charge in [-0.05, 0) is 51.4 Å². The molecule has 0 N–H and O–H groups in total. The maximum atomic E-state index is 12.7. The SMILES string of the molecule is CCCCC/C=C\C/C=C\C/C=C\CCCCCCCCC(=O)OC(COCCCCCCCCCCCCCCCCCCCC)COP(=O)([O-])OCC[N+](C)(C)C. The number of quaternary nitrogens is 1. The molecule has 0 fully saturated rings. The largest absolute Gasteiger partial charge is 0.756 e. The summed E-state index contributed by atoms with van der Waals surface area (Å²) < 4.78 is 34.7.